The molecule has 4 rings (SSSR count). The number of β-amino-alcohol motifs (C(OH)–C–C–N with tert-alkyl or cyclic N) is 1. The van der Waals surface area contributed by atoms with Crippen molar-refractivity contribution in [1.29, 1.82) is 0 Å². The van der Waals surface area contributed by atoms with Gasteiger partial charge in [0.05, 0.1) is 6.10 Å². The first-order valence-corrected chi connectivity index (χ1v) is 8.95. The SMILES string of the molecule is Cc1cc(N2CCN(c3nccc(N4CC[C@H](O)C4)n3)CC2)nc(N)n1. The molecule has 0 unspecified atom stereocenters. The number of aromatic nitrogens is 4. The van der Waals surface area contributed by atoms with Crippen molar-refractivity contribution in [1.82, 2.24) is 19.9 Å². The molecular formula is C17H24N8O. The number of rotatable bonds is 3. The molecular weight excluding hydrogens is 332 g/mol. The van der Waals surface area contributed by atoms with Crippen LogP contribution in [-0.4, -0.2) is 70.4 Å². The van der Waals surface area contributed by atoms with Gasteiger partial charge in [0.1, 0.15) is 11.6 Å². The topological polar surface area (TPSA) is 108 Å². The molecule has 0 radical (unpaired) electrons. The van der Waals surface area contributed by atoms with Crippen LogP contribution in [-0.2, 0) is 0 Å². The van der Waals surface area contributed by atoms with Crippen molar-refractivity contribution in [2.75, 3.05) is 59.7 Å². The van der Waals surface area contributed by atoms with Crippen molar-refractivity contribution in [3.63, 3.8) is 0 Å². The summed E-state index contributed by atoms with van der Waals surface area (Å²) in [6.07, 6.45) is 2.32. The van der Waals surface area contributed by atoms with Crippen molar-refractivity contribution in [2.24, 2.45) is 0 Å². The van der Waals surface area contributed by atoms with Gasteiger partial charge in [0.15, 0.2) is 0 Å². The molecule has 2 saturated heterocycles. The number of hydrogen-bond acceptors (Lipinski definition) is 9. The third-order valence-electron chi connectivity index (χ3n) is 4.86. The molecule has 9 heteroatoms. The Labute approximate surface area is 152 Å². The van der Waals surface area contributed by atoms with Crippen LogP contribution in [0, 0.1) is 6.92 Å². The van der Waals surface area contributed by atoms with Crippen LogP contribution in [0.4, 0.5) is 23.5 Å². The van der Waals surface area contributed by atoms with E-state index in [9.17, 15) is 5.11 Å². The molecule has 0 saturated carbocycles. The summed E-state index contributed by atoms with van der Waals surface area (Å²) in [5, 5.41) is 9.74. The lowest BCUT2D eigenvalue weighted by Gasteiger charge is -2.35. The Balaban J connectivity index is 1.43. The van der Waals surface area contributed by atoms with E-state index in [1.165, 1.54) is 0 Å². The quantitative estimate of drug-likeness (QED) is 0.789. The number of nitrogen functional groups attached to an aromatic ring is 1. The molecule has 26 heavy (non-hydrogen) atoms. The summed E-state index contributed by atoms with van der Waals surface area (Å²) in [6.45, 7) is 6.67. The van der Waals surface area contributed by atoms with Crippen LogP contribution in [0.1, 0.15) is 12.1 Å². The zero-order valence-corrected chi connectivity index (χ0v) is 14.9. The number of aryl methyl sites for hydroxylation is 1. The summed E-state index contributed by atoms with van der Waals surface area (Å²) < 4.78 is 0. The second kappa shape index (κ2) is 6.91. The number of nitrogens with zero attached hydrogens (tertiary/aromatic N) is 7. The van der Waals surface area contributed by atoms with Crippen molar-refractivity contribution < 1.29 is 5.11 Å². The Hall–Kier alpha value is -2.68. The Morgan fingerprint density at radius 3 is 2.46 bits per heavy atom. The van der Waals surface area contributed by atoms with Gasteiger partial charge in [0.2, 0.25) is 11.9 Å². The standard InChI is InChI=1S/C17H24N8O/c1-12-10-15(21-16(18)20-12)23-6-8-24(9-7-23)17-19-4-2-14(22-17)25-5-3-13(26)11-25/h2,4,10,13,26H,3,5-9,11H2,1H3,(H2,18,20,21)/t13-/m0/s1. The first kappa shape index (κ1) is 16.8. The van der Waals surface area contributed by atoms with Gasteiger partial charge in [-0.1, -0.05) is 0 Å². The average Bonchev–Trinajstić information content (AvgIpc) is 3.08. The van der Waals surface area contributed by atoms with Gasteiger partial charge in [-0.3, -0.25) is 0 Å². The maximum absolute atomic E-state index is 9.74. The highest BCUT2D eigenvalue weighted by Crippen LogP contribution is 2.22. The number of nitrogens with two attached hydrogens (primary N) is 1. The summed E-state index contributed by atoms with van der Waals surface area (Å²) in [5.41, 5.74) is 6.64. The van der Waals surface area contributed by atoms with Crippen LogP contribution in [0.2, 0.25) is 0 Å². The van der Waals surface area contributed by atoms with Crippen molar-refractivity contribution >= 4 is 23.5 Å². The zero-order valence-electron chi connectivity index (χ0n) is 14.9. The maximum atomic E-state index is 9.74. The number of aliphatic hydroxyl groups is 1. The fraction of sp³-hybridized carbons (Fsp3) is 0.529. The monoisotopic (exact) mass is 356 g/mol. The van der Waals surface area contributed by atoms with E-state index in [1.807, 2.05) is 19.1 Å². The first-order chi connectivity index (χ1) is 12.6. The summed E-state index contributed by atoms with van der Waals surface area (Å²) in [7, 11) is 0. The lowest BCUT2D eigenvalue weighted by Crippen LogP contribution is -2.47. The molecule has 0 aromatic carbocycles. The second-order valence-corrected chi connectivity index (χ2v) is 6.80. The molecule has 2 fully saturated rings. The van der Waals surface area contributed by atoms with Gasteiger partial charge in [-0.15, -0.1) is 0 Å². The summed E-state index contributed by atoms with van der Waals surface area (Å²) in [6, 6.07) is 3.87. The van der Waals surface area contributed by atoms with Crippen molar-refractivity contribution in [3.8, 4) is 0 Å². The molecule has 0 amide bonds. The molecule has 4 heterocycles. The fourth-order valence-corrected chi connectivity index (χ4v) is 3.49. The zero-order chi connectivity index (χ0) is 18.1. The predicted molar refractivity (Wildman–Crippen MR) is 100 cm³/mol. The lowest BCUT2D eigenvalue weighted by molar-refractivity contribution is 0.198. The summed E-state index contributed by atoms with van der Waals surface area (Å²) >= 11 is 0. The van der Waals surface area contributed by atoms with Crippen molar-refractivity contribution in [2.45, 2.75) is 19.4 Å². The van der Waals surface area contributed by atoms with Crippen LogP contribution >= 0.6 is 0 Å². The molecule has 0 aliphatic carbocycles. The summed E-state index contributed by atoms with van der Waals surface area (Å²) in [5.74, 6) is 2.80. The van der Waals surface area contributed by atoms with Crippen LogP contribution in [0.5, 0.6) is 0 Å². The predicted octanol–water partition coefficient (Wildman–Crippen LogP) is 0.0548. The number of anilines is 4. The minimum Gasteiger partial charge on any atom is -0.391 e. The van der Waals surface area contributed by atoms with E-state index < -0.39 is 0 Å². The van der Waals surface area contributed by atoms with Crippen LogP contribution in [0.25, 0.3) is 0 Å². The molecule has 1 atom stereocenters. The third-order valence-corrected chi connectivity index (χ3v) is 4.86. The van der Waals surface area contributed by atoms with Gasteiger partial charge < -0.3 is 25.5 Å². The van der Waals surface area contributed by atoms with Gasteiger partial charge in [0, 0.05) is 57.2 Å². The van der Waals surface area contributed by atoms with E-state index in [0.717, 1.165) is 62.4 Å². The Morgan fingerprint density at radius 1 is 1.00 bits per heavy atom. The van der Waals surface area contributed by atoms with Gasteiger partial charge in [-0.05, 0) is 19.4 Å². The van der Waals surface area contributed by atoms with E-state index in [1.54, 1.807) is 6.20 Å². The highest BCUT2D eigenvalue weighted by molar-refractivity contribution is 5.48. The van der Waals surface area contributed by atoms with Crippen molar-refractivity contribution in [3.05, 3.63) is 24.0 Å². The summed E-state index contributed by atoms with van der Waals surface area (Å²) in [4.78, 5) is 24.1. The van der Waals surface area contributed by atoms with Crippen LogP contribution in [0.15, 0.2) is 18.3 Å². The number of hydrogen-bond donors (Lipinski definition) is 2. The smallest absolute Gasteiger partial charge is 0.227 e. The molecule has 2 aliphatic heterocycles. The van der Waals surface area contributed by atoms with Crippen LogP contribution < -0.4 is 20.4 Å². The van der Waals surface area contributed by atoms with E-state index in [0.29, 0.717) is 12.5 Å². The average molecular weight is 356 g/mol. The molecule has 2 aromatic rings. The minimum absolute atomic E-state index is 0.263. The molecule has 0 spiro atoms. The Kier molecular flexibility index (Phi) is 4.46. The maximum Gasteiger partial charge on any atom is 0.227 e. The first-order valence-electron chi connectivity index (χ1n) is 8.95. The normalized spacial score (nSPS) is 20.7. The molecule has 9 nitrogen and oxygen atoms in total. The fourth-order valence-electron chi connectivity index (χ4n) is 3.49. The van der Waals surface area contributed by atoms with Gasteiger partial charge in [0.25, 0.3) is 0 Å². The molecule has 138 valence electrons. The van der Waals surface area contributed by atoms with E-state index in [4.69, 9.17) is 10.7 Å². The third kappa shape index (κ3) is 3.48. The minimum atomic E-state index is -0.263. The van der Waals surface area contributed by atoms with Gasteiger partial charge in [-0.25, -0.2) is 9.97 Å². The molecule has 2 aromatic heterocycles. The molecule has 2 aliphatic rings. The van der Waals surface area contributed by atoms with E-state index in [-0.39, 0.29) is 6.10 Å². The highest BCUT2D eigenvalue weighted by Gasteiger charge is 2.24. The van der Waals surface area contributed by atoms with Crippen LogP contribution in [0.3, 0.4) is 0 Å². The van der Waals surface area contributed by atoms with Gasteiger partial charge in [-0.2, -0.15) is 9.97 Å². The Morgan fingerprint density at radius 2 is 1.77 bits per heavy atom. The highest BCUT2D eigenvalue weighted by atomic mass is 16.3. The van der Waals surface area contributed by atoms with E-state index in [2.05, 4.69) is 29.7 Å². The molecule has 3 N–H and O–H groups in total. The Bertz CT molecular complexity index is 757. The number of piperazine rings is 1. The van der Waals surface area contributed by atoms with Gasteiger partial charge >= 0.3 is 0 Å². The largest absolute Gasteiger partial charge is 0.391 e. The number of aliphatic hydroxyl groups excluding tert-OH is 1. The van der Waals surface area contributed by atoms with E-state index >= 15 is 0 Å². The molecule has 0 bridgehead atoms. The lowest BCUT2D eigenvalue weighted by atomic mass is 10.3. The second-order valence-electron chi connectivity index (χ2n) is 6.80.